The van der Waals surface area contributed by atoms with Gasteiger partial charge < -0.3 is 10.2 Å². The molecular formula is C14H16BrF3N2O. The topological polar surface area (TPSA) is 32.3 Å². The van der Waals surface area contributed by atoms with Crippen LogP contribution in [0.4, 0.5) is 18.9 Å². The molecule has 0 spiro atoms. The van der Waals surface area contributed by atoms with E-state index in [1.807, 2.05) is 0 Å². The van der Waals surface area contributed by atoms with Crippen LogP contribution in [-0.2, 0) is 11.0 Å². The van der Waals surface area contributed by atoms with Gasteiger partial charge in [-0.25, -0.2) is 0 Å². The van der Waals surface area contributed by atoms with Gasteiger partial charge in [0, 0.05) is 23.2 Å². The van der Waals surface area contributed by atoms with Gasteiger partial charge in [-0.15, -0.1) is 0 Å². The number of anilines is 1. The third kappa shape index (κ3) is 4.12. The van der Waals surface area contributed by atoms with Gasteiger partial charge in [0.1, 0.15) is 6.04 Å². The number of nitrogens with one attached hydrogen (secondary N) is 1. The Kier molecular flexibility index (Phi) is 4.81. The third-order valence-corrected chi connectivity index (χ3v) is 3.85. The van der Waals surface area contributed by atoms with Gasteiger partial charge in [0.05, 0.1) is 5.56 Å². The van der Waals surface area contributed by atoms with E-state index in [0.717, 1.165) is 38.1 Å². The standard InChI is InChI=1S/C14H16BrF3N2O/c1-9(13(21)20-4-2-3-5-20)19-12-7-10(14(16,17)18)6-11(15)8-12/h6-9,19H,2-5H2,1H3. The number of amides is 1. The Morgan fingerprint density at radius 3 is 2.48 bits per heavy atom. The van der Waals surface area contributed by atoms with Crippen molar-refractivity contribution in [3.63, 3.8) is 0 Å². The van der Waals surface area contributed by atoms with Gasteiger partial charge in [-0.05, 0) is 38.0 Å². The van der Waals surface area contributed by atoms with Gasteiger partial charge in [0.15, 0.2) is 0 Å². The van der Waals surface area contributed by atoms with Gasteiger partial charge in [0.25, 0.3) is 0 Å². The van der Waals surface area contributed by atoms with Crippen LogP contribution < -0.4 is 5.32 Å². The van der Waals surface area contributed by atoms with Gasteiger partial charge in [-0.1, -0.05) is 15.9 Å². The Morgan fingerprint density at radius 2 is 1.90 bits per heavy atom. The zero-order valence-electron chi connectivity index (χ0n) is 11.5. The van der Waals surface area contributed by atoms with Gasteiger partial charge in [0.2, 0.25) is 5.91 Å². The molecule has 1 aliphatic heterocycles. The average Bonchev–Trinajstić information content (AvgIpc) is 2.89. The first-order valence-electron chi connectivity index (χ1n) is 6.70. The van der Waals surface area contributed by atoms with E-state index in [-0.39, 0.29) is 11.6 Å². The molecule has 1 saturated heterocycles. The molecule has 0 aromatic heterocycles. The zero-order chi connectivity index (χ0) is 15.6. The van der Waals surface area contributed by atoms with Crippen LogP contribution in [0.5, 0.6) is 0 Å². The summed E-state index contributed by atoms with van der Waals surface area (Å²) >= 11 is 3.06. The van der Waals surface area contributed by atoms with Gasteiger partial charge in [-0.3, -0.25) is 4.79 Å². The molecular weight excluding hydrogens is 349 g/mol. The molecule has 0 bridgehead atoms. The fraction of sp³-hybridized carbons (Fsp3) is 0.500. The highest BCUT2D eigenvalue weighted by atomic mass is 79.9. The lowest BCUT2D eigenvalue weighted by Gasteiger charge is -2.22. The summed E-state index contributed by atoms with van der Waals surface area (Å²) in [5.41, 5.74) is -0.475. The highest BCUT2D eigenvalue weighted by Gasteiger charge is 2.31. The van der Waals surface area contributed by atoms with E-state index in [1.54, 1.807) is 11.8 Å². The van der Waals surface area contributed by atoms with Crippen molar-refractivity contribution >= 4 is 27.5 Å². The second kappa shape index (κ2) is 6.25. The van der Waals surface area contributed by atoms with Gasteiger partial charge >= 0.3 is 6.18 Å². The number of carbonyl (C=O) groups excluding carboxylic acids is 1. The summed E-state index contributed by atoms with van der Waals surface area (Å²) in [5.74, 6) is -0.0824. The number of nitrogens with zero attached hydrogens (tertiary/aromatic N) is 1. The smallest absolute Gasteiger partial charge is 0.374 e. The Balaban J connectivity index is 2.11. The van der Waals surface area contributed by atoms with E-state index < -0.39 is 17.8 Å². The molecule has 0 saturated carbocycles. The van der Waals surface area contributed by atoms with Crippen LogP contribution in [0.3, 0.4) is 0 Å². The van der Waals surface area contributed by atoms with E-state index in [2.05, 4.69) is 21.2 Å². The van der Waals surface area contributed by atoms with Crippen molar-refractivity contribution < 1.29 is 18.0 Å². The van der Waals surface area contributed by atoms with Crippen LogP contribution in [0.25, 0.3) is 0 Å². The molecule has 2 rings (SSSR count). The minimum absolute atomic E-state index is 0.0824. The number of alkyl halides is 3. The summed E-state index contributed by atoms with van der Waals surface area (Å²) in [4.78, 5) is 13.9. The maximum Gasteiger partial charge on any atom is 0.416 e. The summed E-state index contributed by atoms with van der Waals surface area (Å²) in [5, 5.41) is 2.85. The number of carbonyl (C=O) groups is 1. The summed E-state index contributed by atoms with van der Waals surface area (Å²) in [6.45, 7) is 3.10. The Labute approximate surface area is 129 Å². The number of benzene rings is 1. The van der Waals surface area contributed by atoms with Crippen molar-refractivity contribution in [3.8, 4) is 0 Å². The van der Waals surface area contributed by atoms with E-state index in [0.29, 0.717) is 4.47 Å². The summed E-state index contributed by atoms with van der Waals surface area (Å²) < 4.78 is 38.6. The fourth-order valence-corrected chi connectivity index (χ4v) is 2.85. The van der Waals surface area contributed by atoms with Crippen LogP contribution >= 0.6 is 15.9 Å². The lowest BCUT2D eigenvalue weighted by molar-refractivity contribution is -0.137. The molecule has 1 aliphatic rings. The Hall–Kier alpha value is -1.24. The molecule has 1 amide bonds. The first-order chi connectivity index (χ1) is 9.77. The molecule has 1 atom stereocenters. The first kappa shape index (κ1) is 16.1. The van der Waals surface area contributed by atoms with E-state index in [9.17, 15) is 18.0 Å². The Bertz CT molecular complexity index is 527. The minimum atomic E-state index is -4.41. The van der Waals surface area contributed by atoms with Crippen LogP contribution in [0.15, 0.2) is 22.7 Å². The number of halogens is 4. The quantitative estimate of drug-likeness (QED) is 0.882. The van der Waals surface area contributed by atoms with E-state index in [1.165, 1.54) is 6.07 Å². The second-order valence-electron chi connectivity index (χ2n) is 5.12. The van der Waals surface area contributed by atoms with Crippen molar-refractivity contribution in [1.29, 1.82) is 0 Å². The highest BCUT2D eigenvalue weighted by Crippen LogP contribution is 2.33. The minimum Gasteiger partial charge on any atom is -0.374 e. The fourth-order valence-electron chi connectivity index (χ4n) is 2.36. The number of rotatable bonds is 3. The zero-order valence-corrected chi connectivity index (χ0v) is 13.1. The van der Waals surface area contributed by atoms with Gasteiger partial charge in [-0.2, -0.15) is 13.2 Å². The summed E-state index contributed by atoms with van der Waals surface area (Å²) in [6.07, 6.45) is -2.45. The number of hydrogen-bond donors (Lipinski definition) is 1. The van der Waals surface area contributed by atoms with Crippen LogP contribution in [-0.4, -0.2) is 29.9 Å². The highest BCUT2D eigenvalue weighted by molar-refractivity contribution is 9.10. The number of hydrogen-bond acceptors (Lipinski definition) is 2. The third-order valence-electron chi connectivity index (χ3n) is 3.40. The molecule has 1 aromatic carbocycles. The molecule has 1 heterocycles. The monoisotopic (exact) mass is 364 g/mol. The molecule has 1 aromatic rings. The van der Waals surface area contributed by atoms with Crippen molar-refractivity contribution in [2.45, 2.75) is 32.0 Å². The predicted octanol–water partition coefficient (Wildman–Crippen LogP) is 3.89. The van der Waals surface area contributed by atoms with Crippen molar-refractivity contribution in [1.82, 2.24) is 4.90 Å². The van der Waals surface area contributed by atoms with E-state index >= 15 is 0 Å². The number of likely N-dealkylation sites (tertiary alicyclic amines) is 1. The normalized spacial score (nSPS) is 16.9. The van der Waals surface area contributed by atoms with Crippen LogP contribution in [0.1, 0.15) is 25.3 Å². The summed E-state index contributed by atoms with van der Waals surface area (Å²) in [7, 11) is 0. The first-order valence-corrected chi connectivity index (χ1v) is 7.50. The van der Waals surface area contributed by atoms with Crippen LogP contribution in [0.2, 0.25) is 0 Å². The molecule has 21 heavy (non-hydrogen) atoms. The molecule has 116 valence electrons. The molecule has 0 aliphatic carbocycles. The lowest BCUT2D eigenvalue weighted by Crippen LogP contribution is -2.39. The van der Waals surface area contributed by atoms with Crippen LogP contribution in [0, 0.1) is 0 Å². The Morgan fingerprint density at radius 1 is 1.29 bits per heavy atom. The maximum atomic E-state index is 12.8. The molecule has 1 fully saturated rings. The molecule has 7 heteroatoms. The lowest BCUT2D eigenvalue weighted by atomic mass is 10.1. The predicted molar refractivity (Wildman–Crippen MR) is 78.0 cm³/mol. The summed E-state index contributed by atoms with van der Waals surface area (Å²) in [6, 6.07) is 3.00. The molecule has 1 N–H and O–H groups in total. The largest absolute Gasteiger partial charge is 0.416 e. The van der Waals surface area contributed by atoms with E-state index in [4.69, 9.17) is 0 Å². The SMILES string of the molecule is CC(Nc1cc(Br)cc(C(F)(F)F)c1)C(=O)N1CCCC1. The van der Waals surface area contributed by atoms with Crippen molar-refractivity contribution in [3.05, 3.63) is 28.2 Å². The maximum absolute atomic E-state index is 12.8. The second-order valence-corrected chi connectivity index (χ2v) is 6.04. The average molecular weight is 365 g/mol. The van der Waals surface area contributed by atoms with Crippen molar-refractivity contribution in [2.75, 3.05) is 18.4 Å². The molecule has 3 nitrogen and oxygen atoms in total. The molecule has 1 unspecified atom stereocenters. The van der Waals surface area contributed by atoms with Crippen molar-refractivity contribution in [2.24, 2.45) is 0 Å². The molecule has 0 radical (unpaired) electrons.